The van der Waals surface area contributed by atoms with Gasteiger partial charge in [-0.15, -0.1) is 0 Å². The van der Waals surface area contributed by atoms with Crippen molar-refractivity contribution in [3.63, 3.8) is 0 Å². The Balaban J connectivity index is 1.31. The Hall–Kier alpha value is -3.80. The number of hydrogen-bond acceptors (Lipinski definition) is 8. The monoisotopic (exact) mass is 583 g/mol. The highest BCUT2D eigenvalue weighted by atomic mass is 35.5. The quantitative estimate of drug-likeness (QED) is 0.301. The van der Waals surface area contributed by atoms with Gasteiger partial charge >= 0.3 is 0 Å². The zero-order valence-electron chi connectivity index (χ0n) is 22.6. The average Bonchev–Trinajstić information content (AvgIpc) is 3.53. The van der Waals surface area contributed by atoms with Gasteiger partial charge in [0.15, 0.2) is 0 Å². The van der Waals surface area contributed by atoms with Gasteiger partial charge < -0.3 is 30.5 Å². The van der Waals surface area contributed by atoms with Crippen LogP contribution in [0.5, 0.6) is 5.75 Å². The molecular formula is C29H31ClFN5O5. The minimum Gasteiger partial charge on any atom is -0.497 e. The molecule has 0 saturated heterocycles. The van der Waals surface area contributed by atoms with Crippen molar-refractivity contribution < 1.29 is 28.9 Å². The molecule has 1 aliphatic carbocycles. The summed E-state index contributed by atoms with van der Waals surface area (Å²) >= 11 is 6.43. The van der Waals surface area contributed by atoms with Gasteiger partial charge in [0.25, 0.3) is 5.91 Å². The Morgan fingerprint density at radius 2 is 2.07 bits per heavy atom. The molecule has 216 valence electrons. The fourth-order valence-electron chi connectivity index (χ4n) is 5.27. The molecule has 2 aromatic carbocycles. The lowest BCUT2D eigenvalue weighted by atomic mass is 10.0. The standard InChI is InChI=1S/C29H31ClFN5O5/c1-15(27(39)34-25(14-37)18-7-19(31)10-22(8-18)41-2)36-13-17-4-3-16(9-23(17)28(36)40)26-24(30)12-32-29(35-26)33-20-5-6-21(38)11-20/h3-4,7-10,12,15,20-21,25,37-38H,5-6,11,13-14H2,1-2H3,(H,34,39)(H,32,33,35)/t15?,20-,21-,25+/m0/s1. The van der Waals surface area contributed by atoms with Gasteiger partial charge in [0, 0.05) is 29.8 Å². The van der Waals surface area contributed by atoms with E-state index in [4.69, 9.17) is 16.3 Å². The van der Waals surface area contributed by atoms with E-state index in [-0.39, 0.29) is 30.3 Å². The number of aliphatic hydroxyl groups excluding tert-OH is 2. The number of fused-ring (bicyclic) bond motifs is 1. The normalized spacial score (nSPS) is 19.6. The Kier molecular flexibility index (Phi) is 8.39. The van der Waals surface area contributed by atoms with Crippen LogP contribution in [0.15, 0.2) is 42.6 Å². The van der Waals surface area contributed by atoms with Crippen LogP contribution in [-0.4, -0.2) is 68.8 Å². The van der Waals surface area contributed by atoms with E-state index in [0.717, 1.165) is 18.4 Å². The first kappa shape index (κ1) is 28.7. The molecule has 12 heteroatoms. The van der Waals surface area contributed by atoms with E-state index in [2.05, 4.69) is 20.6 Å². The first-order valence-electron chi connectivity index (χ1n) is 13.3. The van der Waals surface area contributed by atoms with Crippen LogP contribution in [0, 0.1) is 5.82 Å². The zero-order valence-corrected chi connectivity index (χ0v) is 23.4. The van der Waals surface area contributed by atoms with E-state index in [1.54, 1.807) is 13.0 Å². The molecule has 1 aliphatic heterocycles. The lowest BCUT2D eigenvalue weighted by molar-refractivity contribution is -0.126. The van der Waals surface area contributed by atoms with Crippen LogP contribution in [-0.2, 0) is 11.3 Å². The Morgan fingerprint density at radius 1 is 1.27 bits per heavy atom. The maximum atomic E-state index is 14.0. The number of nitrogens with one attached hydrogen (secondary N) is 2. The number of carbonyl (C=O) groups is 2. The van der Waals surface area contributed by atoms with E-state index in [1.165, 1.54) is 36.4 Å². The van der Waals surface area contributed by atoms with E-state index >= 15 is 0 Å². The van der Waals surface area contributed by atoms with Crippen LogP contribution in [0.4, 0.5) is 10.3 Å². The second kappa shape index (κ2) is 12.0. The molecule has 0 radical (unpaired) electrons. The smallest absolute Gasteiger partial charge is 0.255 e. The molecular weight excluding hydrogens is 553 g/mol. The molecule has 1 saturated carbocycles. The number of methoxy groups -OCH3 is 1. The second-order valence-electron chi connectivity index (χ2n) is 10.3. The first-order chi connectivity index (χ1) is 19.7. The summed E-state index contributed by atoms with van der Waals surface area (Å²) in [4.78, 5) is 36.8. The topological polar surface area (TPSA) is 137 Å². The number of aliphatic hydroxyl groups is 2. The lowest BCUT2D eigenvalue weighted by Gasteiger charge is -2.26. The molecule has 4 atom stereocenters. The average molecular weight is 584 g/mol. The van der Waals surface area contributed by atoms with Crippen molar-refractivity contribution in [2.45, 2.75) is 57.0 Å². The number of carbonyl (C=O) groups excluding carboxylic acids is 2. The second-order valence-corrected chi connectivity index (χ2v) is 10.8. The summed E-state index contributed by atoms with van der Waals surface area (Å²) in [7, 11) is 1.40. The molecule has 10 nitrogen and oxygen atoms in total. The molecule has 5 rings (SSSR count). The van der Waals surface area contributed by atoms with Crippen LogP contribution in [0.1, 0.15) is 53.7 Å². The summed E-state index contributed by atoms with van der Waals surface area (Å²) in [5.41, 5.74) is 2.59. The fourth-order valence-corrected chi connectivity index (χ4v) is 5.47. The van der Waals surface area contributed by atoms with Gasteiger partial charge in [0.1, 0.15) is 17.6 Å². The molecule has 2 amide bonds. The van der Waals surface area contributed by atoms with Crippen molar-refractivity contribution in [2.24, 2.45) is 0 Å². The van der Waals surface area contributed by atoms with Gasteiger partial charge in [-0.05, 0) is 55.5 Å². The fraction of sp³-hybridized carbons (Fsp3) is 0.379. The molecule has 1 aromatic heterocycles. The largest absolute Gasteiger partial charge is 0.497 e. The van der Waals surface area contributed by atoms with E-state index in [1.807, 2.05) is 12.1 Å². The number of halogens is 2. The summed E-state index contributed by atoms with van der Waals surface area (Å²) in [5, 5.41) is 26.0. The summed E-state index contributed by atoms with van der Waals surface area (Å²) < 4.78 is 19.1. The van der Waals surface area contributed by atoms with Gasteiger partial charge in [0.05, 0.1) is 42.8 Å². The molecule has 2 aliphatic rings. The van der Waals surface area contributed by atoms with Crippen LogP contribution in [0.2, 0.25) is 5.02 Å². The van der Waals surface area contributed by atoms with Gasteiger partial charge in [0.2, 0.25) is 11.9 Å². The first-order valence-corrected chi connectivity index (χ1v) is 13.7. The molecule has 2 heterocycles. The third kappa shape index (κ3) is 6.12. The Bertz CT molecular complexity index is 1470. The number of benzene rings is 2. The van der Waals surface area contributed by atoms with Gasteiger partial charge in [-0.3, -0.25) is 9.59 Å². The van der Waals surface area contributed by atoms with Crippen molar-refractivity contribution in [1.82, 2.24) is 20.2 Å². The predicted molar refractivity (Wildman–Crippen MR) is 150 cm³/mol. The summed E-state index contributed by atoms with van der Waals surface area (Å²) in [5.74, 6) is -0.756. The highest BCUT2D eigenvalue weighted by Crippen LogP contribution is 2.33. The highest BCUT2D eigenvalue weighted by Gasteiger charge is 2.35. The number of rotatable bonds is 9. The van der Waals surface area contributed by atoms with Crippen LogP contribution in [0.25, 0.3) is 11.3 Å². The molecule has 0 spiro atoms. The van der Waals surface area contributed by atoms with Crippen molar-refractivity contribution in [3.05, 3.63) is 70.1 Å². The van der Waals surface area contributed by atoms with Crippen LogP contribution >= 0.6 is 11.6 Å². The molecule has 3 aromatic rings. The summed E-state index contributed by atoms with van der Waals surface area (Å²) in [6.07, 6.45) is 3.31. The SMILES string of the molecule is COc1cc(F)cc([C@@H](CO)NC(=O)C(C)N2Cc3ccc(-c4nc(N[C@H]5CC[C@H](O)C5)ncc4Cl)cc3C2=O)c1. The van der Waals surface area contributed by atoms with Gasteiger partial charge in [-0.1, -0.05) is 23.7 Å². The molecule has 1 unspecified atom stereocenters. The maximum Gasteiger partial charge on any atom is 0.255 e. The number of nitrogens with zero attached hydrogens (tertiary/aromatic N) is 3. The predicted octanol–water partition coefficient (Wildman–Crippen LogP) is 3.46. The number of ether oxygens (including phenoxy) is 1. The van der Waals surface area contributed by atoms with Crippen molar-refractivity contribution in [1.29, 1.82) is 0 Å². The highest BCUT2D eigenvalue weighted by molar-refractivity contribution is 6.33. The van der Waals surface area contributed by atoms with Gasteiger partial charge in [-0.25, -0.2) is 14.4 Å². The third-order valence-electron chi connectivity index (χ3n) is 7.58. The molecule has 4 N–H and O–H groups in total. The lowest BCUT2D eigenvalue weighted by Crippen LogP contribution is -2.46. The van der Waals surface area contributed by atoms with Crippen LogP contribution < -0.4 is 15.4 Å². The minimum absolute atomic E-state index is 0.0650. The van der Waals surface area contributed by atoms with Crippen molar-refractivity contribution in [3.8, 4) is 17.0 Å². The summed E-state index contributed by atoms with van der Waals surface area (Å²) in [6, 6.07) is 7.57. The van der Waals surface area contributed by atoms with Crippen molar-refractivity contribution in [2.75, 3.05) is 19.0 Å². The van der Waals surface area contributed by atoms with Gasteiger partial charge in [-0.2, -0.15) is 0 Å². The Morgan fingerprint density at radius 3 is 2.78 bits per heavy atom. The van der Waals surface area contributed by atoms with Crippen molar-refractivity contribution >= 4 is 29.4 Å². The third-order valence-corrected chi connectivity index (χ3v) is 7.85. The maximum absolute atomic E-state index is 14.0. The number of hydrogen-bond donors (Lipinski definition) is 4. The van der Waals surface area contributed by atoms with E-state index < -0.39 is 30.4 Å². The number of amides is 2. The number of anilines is 1. The van der Waals surface area contributed by atoms with E-state index in [0.29, 0.717) is 39.8 Å². The number of aromatic nitrogens is 2. The molecule has 0 bridgehead atoms. The van der Waals surface area contributed by atoms with E-state index in [9.17, 15) is 24.2 Å². The van der Waals surface area contributed by atoms with Crippen LogP contribution in [0.3, 0.4) is 0 Å². The minimum atomic E-state index is -0.892. The summed E-state index contributed by atoms with van der Waals surface area (Å²) in [6.45, 7) is 1.34. The molecule has 41 heavy (non-hydrogen) atoms. The zero-order chi connectivity index (χ0) is 29.3. The Labute approximate surface area is 241 Å². The molecule has 1 fully saturated rings.